The van der Waals surface area contributed by atoms with Crippen LogP contribution in [0.15, 0.2) is 70.5 Å². The molecule has 2 atom stereocenters. The van der Waals surface area contributed by atoms with Gasteiger partial charge in [0.05, 0.1) is 11.4 Å². The van der Waals surface area contributed by atoms with E-state index in [1.807, 2.05) is 35.3 Å². The number of thioether (sulfide) groups is 1. The zero-order valence-corrected chi connectivity index (χ0v) is 18.6. The van der Waals surface area contributed by atoms with E-state index in [1.54, 1.807) is 18.2 Å². The second kappa shape index (κ2) is 11.6. The minimum absolute atomic E-state index is 0.0878. The standard InChI is InChI=1S/C20H27N5O4S2/c26-25(27)20(15-21-24-13-7-8-14-24)19(16-30-17-9-3-1-4-10-17)22-23-31(28,29)18-11-5-2-6-12-18/h1-6,9-12,19-23H,7-8,13-16H2/t19-,20?/m0/s1. The van der Waals surface area contributed by atoms with E-state index in [1.165, 1.54) is 23.9 Å². The minimum Gasteiger partial charge on any atom is -0.264 e. The molecule has 1 aliphatic heterocycles. The van der Waals surface area contributed by atoms with Gasteiger partial charge in [-0.05, 0) is 37.1 Å². The summed E-state index contributed by atoms with van der Waals surface area (Å²) in [5.41, 5.74) is 5.86. The number of hydrogen-bond acceptors (Lipinski definition) is 8. The summed E-state index contributed by atoms with van der Waals surface area (Å²) < 4.78 is 25.2. The lowest BCUT2D eigenvalue weighted by Crippen LogP contribution is -2.57. The maximum atomic E-state index is 12.6. The number of benzene rings is 2. The molecular weight excluding hydrogens is 438 g/mol. The summed E-state index contributed by atoms with van der Waals surface area (Å²) in [6.07, 6.45) is 2.11. The van der Waals surface area contributed by atoms with Crippen LogP contribution in [-0.4, -0.2) is 55.8 Å². The molecule has 9 nitrogen and oxygen atoms in total. The van der Waals surface area contributed by atoms with Gasteiger partial charge in [0.2, 0.25) is 6.04 Å². The highest BCUT2D eigenvalue weighted by atomic mass is 32.2. The van der Waals surface area contributed by atoms with Crippen molar-refractivity contribution >= 4 is 21.8 Å². The first-order valence-corrected chi connectivity index (χ1v) is 12.5. The van der Waals surface area contributed by atoms with E-state index in [0.717, 1.165) is 30.8 Å². The van der Waals surface area contributed by atoms with Crippen molar-refractivity contribution in [3.63, 3.8) is 0 Å². The minimum atomic E-state index is -3.85. The summed E-state index contributed by atoms with van der Waals surface area (Å²) in [6.45, 7) is 1.80. The van der Waals surface area contributed by atoms with E-state index in [4.69, 9.17) is 0 Å². The van der Waals surface area contributed by atoms with Crippen LogP contribution in [0.3, 0.4) is 0 Å². The van der Waals surface area contributed by atoms with Crippen LogP contribution in [-0.2, 0) is 10.0 Å². The number of hydrazine groups is 2. The highest BCUT2D eigenvalue weighted by molar-refractivity contribution is 7.99. The largest absolute Gasteiger partial charge is 0.264 e. The van der Waals surface area contributed by atoms with Crippen molar-refractivity contribution in [2.75, 3.05) is 25.4 Å². The summed E-state index contributed by atoms with van der Waals surface area (Å²) in [5, 5.41) is 13.9. The van der Waals surface area contributed by atoms with Crippen molar-refractivity contribution in [1.82, 2.24) is 20.7 Å². The Bertz CT molecular complexity index is 925. The number of rotatable bonds is 12. The Kier molecular flexibility index (Phi) is 8.81. The molecule has 0 spiro atoms. The zero-order valence-electron chi connectivity index (χ0n) is 17.0. The van der Waals surface area contributed by atoms with Gasteiger partial charge < -0.3 is 0 Å². The molecule has 0 radical (unpaired) electrons. The molecular formula is C20H27N5O4S2. The van der Waals surface area contributed by atoms with Crippen molar-refractivity contribution in [3.8, 4) is 0 Å². The topological polar surface area (TPSA) is 117 Å². The van der Waals surface area contributed by atoms with Gasteiger partial charge in [0, 0.05) is 28.7 Å². The first kappa shape index (κ1) is 23.6. The van der Waals surface area contributed by atoms with Crippen LogP contribution >= 0.6 is 11.8 Å². The highest BCUT2D eigenvalue weighted by Gasteiger charge is 2.33. The van der Waals surface area contributed by atoms with Crippen molar-refractivity contribution in [2.24, 2.45) is 0 Å². The Balaban J connectivity index is 1.70. The van der Waals surface area contributed by atoms with Gasteiger partial charge in [-0.2, -0.15) is 0 Å². The van der Waals surface area contributed by atoms with Crippen LogP contribution in [0.1, 0.15) is 12.8 Å². The van der Waals surface area contributed by atoms with Gasteiger partial charge in [0.15, 0.2) is 0 Å². The third-order valence-electron chi connectivity index (χ3n) is 4.97. The van der Waals surface area contributed by atoms with Gasteiger partial charge in [-0.3, -0.25) is 10.1 Å². The molecule has 1 heterocycles. The lowest BCUT2D eigenvalue weighted by atomic mass is 10.1. The Morgan fingerprint density at radius 1 is 1.03 bits per heavy atom. The van der Waals surface area contributed by atoms with E-state index >= 15 is 0 Å². The normalized spacial score (nSPS) is 16.8. The van der Waals surface area contributed by atoms with E-state index < -0.39 is 22.1 Å². The number of hydrogen-bond donors (Lipinski definition) is 3. The van der Waals surface area contributed by atoms with Gasteiger partial charge in [0.1, 0.15) is 6.04 Å². The second-order valence-corrected chi connectivity index (χ2v) is 9.98. The first-order chi connectivity index (χ1) is 15.0. The van der Waals surface area contributed by atoms with Crippen LogP contribution in [0.5, 0.6) is 0 Å². The summed E-state index contributed by atoms with van der Waals surface area (Å²) >= 11 is 1.44. The highest BCUT2D eigenvalue weighted by Crippen LogP contribution is 2.20. The van der Waals surface area contributed by atoms with Gasteiger partial charge in [-0.1, -0.05) is 36.4 Å². The smallest absolute Gasteiger partial charge is 0.253 e. The van der Waals surface area contributed by atoms with Crippen LogP contribution < -0.4 is 15.7 Å². The average molecular weight is 466 g/mol. The van der Waals surface area contributed by atoms with E-state index in [-0.39, 0.29) is 16.4 Å². The monoisotopic (exact) mass is 465 g/mol. The molecule has 0 bridgehead atoms. The van der Waals surface area contributed by atoms with Gasteiger partial charge in [-0.15, -0.1) is 16.6 Å². The molecule has 168 valence electrons. The number of sulfonamides is 1. The molecule has 0 amide bonds. The van der Waals surface area contributed by atoms with Crippen molar-refractivity contribution in [2.45, 2.75) is 34.7 Å². The van der Waals surface area contributed by atoms with Gasteiger partial charge in [-0.25, -0.2) is 24.3 Å². The molecule has 2 aromatic rings. The third-order valence-corrected chi connectivity index (χ3v) is 7.38. The van der Waals surface area contributed by atoms with Gasteiger partial charge >= 0.3 is 0 Å². The molecule has 1 saturated heterocycles. The third kappa shape index (κ3) is 7.27. The summed E-state index contributed by atoms with van der Waals surface area (Å²) in [7, 11) is -3.85. The van der Waals surface area contributed by atoms with E-state index in [9.17, 15) is 18.5 Å². The van der Waals surface area contributed by atoms with E-state index in [0.29, 0.717) is 5.75 Å². The molecule has 0 aromatic heterocycles. The van der Waals surface area contributed by atoms with E-state index in [2.05, 4.69) is 15.7 Å². The number of nitrogens with zero attached hydrogens (tertiary/aromatic N) is 2. The first-order valence-electron chi connectivity index (χ1n) is 10.1. The lowest BCUT2D eigenvalue weighted by molar-refractivity contribution is -0.524. The molecule has 3 rings (SSSR count). The Morgan fingerprint density at radius 2 is 1.65 bits per heavy atom. The molecule has 0 aliphatic carbocycles. The molecule has 0 saturated carbocycles. The van der Waals surface area contributed by atoms with Crippen molar-refractivity contribution in [1.29, 1.82) is 0 Å². The Hall–Kier alpha value is -2.02. The van der Waals surface area contributed by atoms with Gasteiger partial charge in [0.25, 0.3) is 10.0 Å². The maximum Gasteiger partial charge on any atom is 0.253 e. The van der Waals surface area contributed by atoms with Crippen molar-refractivity contribution in [3.05, 3.63) is 70.8 Å². The lowest BCUT2D eigenvalue weighted by Gasteiger charge is -2.25. The Morgan fingerprint density at radius 3 is 2.26 bits per heavy atom. The van der Waals surface area contributed by atoms with Crippen LogP contribution in [0.2, 0.25) is 0 Å². The molecule has 1 aliphatic rings. The summed E-state index contributed by atoms with van der Waals surface area (Å²) in [6, 6.07) is 15.6. The Labute approximate surface area is 186 Å². The molecule has 31 heavy (non-hydrogen) atoms. The number of nitro groups is 1. The molecule has 11 heteroatoms. The molecule has 1 unspecified atom stereocenters. The summed E-state index contributed by atoms with van der Waals surface area (Å²) in [5.74, 6) is 0.314. The predicted octanol–water partition coefficient (Wildman–Crippen LogP) is 1.88. The summed E-state index contributed by atoms with van der Waals surface area (Å²) in [4.78, 5) is 14.9. The van der Waals surface area contributed by atoms with Crippen LogP contribution in [0.4, 0.5) is 0 Å². The zero-order chi connectivity index (χ0) is 22.1. The maximum absolute atomic E-state index is 12.6. The molecule has 2 aromatic carbocycles. The average Bonchev–Trinajstić information content (AvgIpc) is 3.30. The predicted molar refractivity (Wildman–Crippen MR) is 120 cm³/mol. The molecule has 1 fully saturated rings. The number of nitrogens with one attached hydrogen (secondary N) is 3. The fourth-order valence-corrected chi connectivity index (χ4v) is 5.19. The van der Waals surface area contributed by atoms with Crippen molar-refractivity contribution < 1.29 is 13.3 Å². The fraction of sp³-hybridized carbons (Fsp3) is 0.400. The van der Waals surface area contributed by atoms with Crippen LogP contribution in [0.25, 0.3) is 0 Å². The second-order valence-electron chi connectivity index (χ2n) is 7.20. The van der Waals surface area contributed by atoms with Crippen LogP contribution in [0, 0.1) is 10.1 Å². The SMILES string of the molecule is O=[N+]([O-])C(CNN1CCCC1)[C@H](CSc1ccccc1)NNS(=O)(=O)c1ccccc1. The quantitative estimate of drug-likeness (QED) is 0.247. The fourth-order valence-electron chi connectivity index (χ4n) is 3.23. The molecule has 3 N–H and O–H groups in total.